The third kappa shape index (κ3) is 9.29. The van der Waals surface area contributed by atoms with Gasteiger partial charge in [0.05, 0.1) is 24.8 Å². The van der Waals surface area contributed by atoms with E-state index in [0.717, 1.165) is 33.8 Å². The van der Waals surface area contributed by atoms with E-state index in [0.29, 0.717) is 17.3 Å². The number of sulfonamides is 1. The molecule has 2 amide bonds. The Morgan fingerprint density at radius 3 is 2.19 bits per heavy atom. The van der Waals surface area contributed by atoms with Gasteiger partial charge in [-0.15, -0.1) is 0 Å². The van der Waals surface area contributed by atoms with Gasteiger partial charge in [0.15, 0.2) is 0 Å². The van der Waals surface area contributed by atoms with Crippen LogP contribution in [0.5, 0.6) is 11.5 Å². The topological polar surface area (TPSA) is 105 Å². The zero-order valence-electron chi connectivity index (χ0n) is 27.7. The number of methoxy groups -OCH3 is 2. The largest absolute Gasteiger partial charge is 0.497 e. The normalized spacial score (nSPS) is 11.8. The molecule has 254 valence electrons. The van der Waals surface area contributed by atoms with Crippen LogP contribution < -0.4 is 19.1 Å². The molecular formula is C37H42ClN3O6S. The van der Waals surface area contributed by atoms with Gasteiger partial charge in [0.2, 0.25) is 11.8 Å². The maximum atomic E-state index is 14.7. The van der Waals surface area contributed by atoms with Crippen LogP contribution in [0.4, 0.5) is 5.69 Å². The molecule has 4 aromatic rings. The second kappa shape index (κ2) is 17.0. The lowest BCUT2D eigenvalue weighted by atomic mass is 10.0. The maximum Gasteiger partial charge on any atom is 0.264 e. The van der Waals surface area contributed by atoms with E-state index < -0.39 is 28.5 Å². The lowest BCUT2D eigenvalue weighted by Crippen LogP contribution is -2.53. The predicted molar refractivity (Wildman–Crippen MR) is 189 cm³/mol. The molecule has 9 nitrogen and oxygen atoms in total. The molecule has 11 heteroatoms. The molecule has 0 aliphatic rings. The Bertz CT molecular complexity index is 1770. The maximum absolute atomic E-state index is 14.7. The Morgan fingerprint density at radius 1 is 0.875 bits per heavy atom. The van der Waals surface area contributed by atoms with Crippen LogP contribution in [0.15, 0.2) is 102 Å². The summed E-state index contributed by atoms with van der Waals surface area (Å²) in [6, 6.07) is 26.6. The standard InChI is InChI=1S/C37H42ClN3O6S/c1-5-6-22-39-37(43)34(23-28-10-8-7-9-11-28)40(25-29-14-16-30(38)17-15-29)36(42)26-41(33-24-31(46-3)18-21-35(33)47-4)48(44,45)32-19-12-27(2)13-20-32/h7-21,24,34H,5-6,22-23,25-26H2,1-4H3,(H,39,43)/t34-/m1/s1. The van der Waals surface area contributed by atoms with E-state index in [9.17, 15) is 18.0 Å². The minimum atomic E-state index is -4.33. The Labute approximate surface area is 288 Å². The van der Waals surface area contributed by atoms with Crippen molar-refractivity contribution in [3.63, 3.8) is 0 Å². The molecule has 48 heavy (non-hydrogen) atoms. The van der Waals surface area contributed by atoms with Crippen molar-refractivity contribution in [2.45, 2.75) is 50.6 Å². The number of anilines is 1. The Balaban J connectivity index is 1.85. The number of unbranched alkanes of at least 4 members (excludes halogenated alkanes) is 1. The fourth-order valence-corrected chi connectivity index (χ4v) is 6.73. The van der Waals surface area contributed by atoms with Gasteiger partial charge in [-0.1, -0.05) is 85.1 Å². The quantitative estimate of drug-likeness (QED) is 0.136. The molecule has 0 aliphatic heterocycles. The SMILES string of the molecule is CCCCNC(=O)[C@@H](Cc1ccccc1)N(Cc1ccc(Cl)cc1)C(=O)CN(c1cc(OC)ccc1OC)S(=O)(=O)c1ccc(C)cc1. The number of halogens is 1. The van der Waals surface area contributed by atoms with Crippen LogP contribution in [0.3, 0.4) is 0 Å². The molecular weight excluding hydrogens is 650 g/mol. The summed E-state index contributed by atoms with van der Waals surface area (Å²) in [5.74, 6) is -0.321. The highest BCUT2D eigenvalue weighted by atomic mass is 35.5. The molecule has 4 aromatic carbocycles. The van der Waals surface area contributed by atoms with Crippen molar-refractivity contribution in [1.29, 1.82) is 0 Å². The van der Waals surface area contributed by atoms with Gasteiger partial charge in [-0.3, -0.25) is 13.9 Å². The molecule has 0 fully saturated rings. The number of rotatable bonds is 16. The van der Waals surface area contributed by atoms with Crippen molar-refractivity contribution < 1.29 is 27.5 Å². The summed E-state index contributed by atoms with van der Waals surface area (Å²) in [7, 11) is -1.43. The first-order valence-electron chi connectivity index (χ1n) is 15.7. The zero-order valence-corrected chi connectivity index (χ0v) is 29.3. The molecule has 0 saturated heterocycles. The van der Waals surface area contributed by atoms with Crippen LogP contribution >= 0.6 is 11.6 Å². The van der Waals surface area contributed by atoms with Crippen molar-refractivity contribution >= 4 is 39.1 Å². The van der Waals surface area contributed by atoms with Crippen molar-refractivity contribution in [3.8, 4) is 11.5 Å². The molecule has 0 unspecified atom stereocenters. The van der Waals surface area contributed by atoms with Crippen LogP contribution in [-0.2, 0) is 32.6 Å². The zero-order chi connectivity index (χ0) is 34.7. The van der Waals surface area contributed by atoms with E-state index in [4.69, 9.17) is 21.1 Å². The van der Waals surface area contributed by atoms with Gasteiger partial charge in [0, 0.05) is 30.6 Å². The van der Waals surface area contributed by atoms with Crippen molar-refractivity contribution in [3.05, 3.63) is 119 Å². The Hall–Kier alpha value is -4.54. The third-order valence-electron chi connectivity index (χ3n) is 7.91. The van der Waals surface area contributed by atoms with Crippen LogP contribution in [0.2, 0.25) is 5.02 Å². The second-order valence-corrected chi connectivity index (χ2v) is 13.7. The molecule has 0 heterocycles. The highest BCUT2D eigenvalue weighted by Crippen LogP contribution is 2.36. The Kier molecular flexibility index (Phi) is 12.9. The first-order chi connectivity index (χ1) is 23.1. The summed E-state index contributed by atoms with van der Waals surface area (Å²) in [6.07, 6.45) is 1.86. The number of amides is 2. The summed E-state index contributed by atoms with van der Waals surface area (Å²) < 4.78 is 40.8. The average Bonchev–Trinajstić information content (AvgIpc) is 3.09. The van der Waals surface area contributed by atoms with Crippen LogP contribution in [0.25, 0.3) is 0 Å². The number of ether oxygens (including phenoxy) is 2. The first kappa shape index (κ1) is 36.3. The van der Waals surface area contributed by atoms with E-state index in [1.165, 1.54) is 37.3 Å². The van der Waals surface area contributed by atoms with Crippen molar-refractivity contribution in [2.24, 2.45) is 0 Å². The highest BCUT2D eigenvalue weighted by Gasteiger charge is 2.35. The number of nitrogens with zero attached hydrogens (tertiary/aromatic N) is 2. The molecule has 0 radical (unpaired) electrons. The summed E-state index contributed by atoms with van der Waals surface area (Å²) in [5.41, 5.74) is 2.56. The molecule has 0 saturated carbocycles. The minimum absolute atomic E-state index is 0.00633. The molecule has 4 rings (SSSR count). The number of hydrogen-bond donors (Lipinski definition) is 1. The molecule has 1 N–H and O–H groups in total. The van der Waals surface area contributed by atoms with Gasteiger partial charge in [-0.25, -0.2) is 8.42 Å². The molecule has 0 bridgehead atoms. The van der Waals surface area contributed by atoms with E-state index in [1.807, 2.05) is 44.2 Å². The number of benzene rings is 4. The average molecular weight is 692 g/mol. The number of nitrogens with one attached hydrogen (secondary N) is 1. The molecule has 0 aliphatic carbocycles. The fraction of sp³-hybridized carbons (Fsp3) is 0.297. The van der Waals surface area contributed by atoms with Crippen LogP contribution in [-0.4, -0.2) is 58.5 Å². The van der Waals surface area contributed by atoms with E-state index in [1.54, 1.807) is 48.5 Å². The van der Waals surface area contributed by atoms with Crippen molar-refractivity contribution in [2.75, 3.05) is 31.6 Å². The number of carbonyl (C=O) groups excluding carboxylic acids is 2. The van der Waals surface area contributed by atoms with E-state index >= 15 is 0 Å². The monoisotopic (exact) mass is 691 g/mol. The molecule has 0 spiro atoms. The van der Waals surface area contributed by atoms with Gasteiger partial charge in [-0.2, -0.15) is 0 Å². The summed E-state index contributed by atoms with van der Waals surface area (Å²) >= 11 is 6.17. The fourth-order valence-electron chi connectivity index (χ4n) is 5.19. The number of aryl methyl sites for hydroxylation is 1. The molecule has 0 aromatic heterocycles. The minimum Gasteiger partial charge on any atom is -0.497 e. The molecule has 1 atom stereocenters. The van der Waals surface area contributed by atoms with Crippen LogP contribution in [0, 0.1) is 6.92 Å². The summed E-state index contributed by atoms with van der Waals surface area (Å²) in [4.78, 5) is 30.0. The smallest absolute Gasteiger partial charge is 0.264 e. The Morgan fingerprint density at radius 2 is 1.56 bits per heavy atom. The predicted octanol–water partition coefficient (Wildman–Crippen LogP) is 6.42. The highest BCUT2D eigenvalue weighted by molar-refractivity contribution is 7.92. The number of carbonyl (C=O) groups is 2. The van der Waals surface area contributed by atoms with Gasteiger partial charge >= 0.3 is 0 Å². The lowest BCUT2D eigenvalue weighted by Gasteiger charge is -2.34. The third-order valence-corrected chi connectivity index (χ3v) is 9.94. The van der Waals surface area contributed by atoms with Gasteiger partial charge in [0.1, 0.15) is 24.1 Å². The van der Waals surface area contributed by atoms with Crippen LogP contribution in [0.1, 0.15) is 36.5 Å². The van der Waals surface area contributed by atoms with E-state index in [-0.39, 0.29) is 35.2 Å². The van der Waals surface area contributed by atoms with Gasteiger partial charge in [-0.05, 0) is 60.9 Å². The second-order valence-electron chi connectivity index (χ2n) is 11.4. The summed E-state index contributed by atoms with van der Waals surface area (Å²) in [5, 5.41) is 3.51. The van der Waals surface area contributed by atoms with Gasteiger partial charge in [0.25, 0.3) is 10.0 Å². The summed E-state index contributed by atoms with van der Waals surface area (Å²) in [6.45, 7) is 3.73. The van der Waals surface area contributed by atoms with E-state index in [2.05, 4.69) is 5.32 Å². The number of hydrogen-bond acceptors (Lipinski definition) is 6. The van der Waals surface area contributed by atoms with Gasteiger partial charge < -0.3 is 19.7 Å². The van der Waals surface area contributed by atoms with Crippen molar-refractivity contribution in [1.82, 2.24) is 10.2 Å². The lowest BCUT2D eigenvalue weighted by molar-refractivity contribution is -0.140. The first-order valence-corrected chi connectivity index (χ1v) is 17.6.